The van der Waals surface area contributed by atoms with Gasteiger partial charge in [0.1, 0.15) is 0 Å². The van der Waals surface area contributed by atoms with E-state index in [1.807, 2.05) is 96.9 Å². The zero-order chi connectivity index (χ0) is 26.6. The summed E-state index contributed by atoms with van der Waals surface area (Å²) in [5.41, 5.74) is 3.47. The van der Waals surface area contributed by atoms with Crippen LogP contribution in [0, 0.1) is 22.5 Å². The van der Waals surface area contributed by atoms with Crippen LogP contribution in [0.4, 0.5) is 21.9 Å². The predicted molar refractivity (Wildman–Crippen MR) is 148 cm³/mol. The summed E-state index contributed by atoms with van der Waals surface area (Å²) in [6.07, 6.45) is 5.58. The number of urea groups is 1. The Labute approximate surface area is 220 Å². The summed E-state index contributed by atoms with van der Waals surface area (Å²) in [6, 6.07) is 31.4. The van der Waals surface area contributed by atoms with E-state index in [1.54, 1.807) is 17.1 Å². The molecule has 0 fully saturated rings. The summed E-state index contributed by atoms with van der Waals surface area (Å²) in [7, 11) is 0. The molecule has 4 aromatic carbocycles. The van der Waals surface area contributed by atoms with Crippen molar-refractivity contribution in [1.29, 1.82) is 0 Å². The molecule has 0 saturated carbocycles. The number of rotatable bonds is 6. The van der Waals surface area contributed by atoms with Crippen LogP contribution in [-0.2, 0) is 0 Å². The molecule has 2 amide bonds. The molecule has 0 aliphatic carbocycles. The lowest BCUT2D eigenvalue weighted by Crippen LogP contribution is -2.59. The number of amidine groups is 1. The van der Waals surface area contributed by atoms with Gasteiger partial charge in [-0.2, -0.15) is 10.0 Å². The molecule has 5 rings (SSSR count). The maximum Gasteiger partial charge on any atom is 0.368 e. The van der Waals surface area contributed by atoms with Gasteiger partial charge in [0.05, 0.1) is 22.3 Å². The van der Waals surface area contributed by atoms with E-state index in [2.05, 4.69) is 5.92 Å². The predicted octanol–water partition coefficient (Wildman–Crippen LogP) is 6.36. The van der Waals surface area contributed by atoms with Crippen molar-refractivity contribution in [2.75, 3.05) is 10.0 Å². The third-order valence-corrected chi connectivity index (χ3v) is 6.25. The van der Waals surface area contributed by atoms with Crippen LogP contribution in [0.1, 0.15) is 29.7 Å². The smallest absolute Gasteiger partial charge is 0.258 e. The largest absolute Gasteiger partial charge is 0.368 e. The molecule has 0 spiro atoms. The summed E-state index contributed by atoms with van der Waals surface area (Å²) in [4.78, 5) is 24.9. The van der Waals surface area contributed by atoms with Crippen molar-refractivity contribution in [2.24, 2.45) is 5.10 Å². The molecule has 1 aliphatic heterocycles. The lowest BCUT2D eigenvalue weighted by atomic mass is 10.0. The molecule has 1 atom stereocenters. The van der Waals surface area contributed by atoms with Crippen molar-refractivity contribution in [3.05, 3.63) is 136 Å². The van der Waals surface area contributed by atoms with Gasteiger partial charge in [-0.1, -0.05) is 54.5 Å². The van der Waals surface area contributed by atoms with E-state index < -0.39 is 11.0 Å². The number of nitro groups is 1. The molecule has 0 bridgehead atoms. The summed E-state index contributed by atoms with van der Waals surface area (Å²) >= 11 is 0. The number of terminal acetylenes is 1. The number of amides is 2. The van der Waals surface area contributed by atoms with E-state index in [-0.39, 0.29) is 11.7 Å². The number of carbonyl (C=O) groups is 1. The van der Waals surface area contributed by atoms with Gasteiger partial charge < -0.3 is 0 Å². The van der Waals surface area contributed by atoms with Crippen molar-refractivity contribution >= 4 is 28.9 Å². The Kier molecular flexibility index (Phi) is 6.57. The van der Waals surface area contributed by atoms with E-state index >= 15 is 0 Å². The third-order valence-electron chi connectivity index (χ3n) is 6.25. The Balaban J connectivity index is 1.71. The molecule has 1 heterocycles. The minimum absolute atomic E-state index is 0.00963. The number of hydrogen-bond acceptors (Lipinski definition) is 5. The topological polar surface area (TPSA) is 82.3 Å². The van der Waals surface area contributed by atoms with E-state index in [4.69, 9.17) is 11.5 Å². The number of nitro benzene ring substituents is 1. The number of non-ortho nitro benzene ring substituents is 1. The molecule has 8 nitrogen and oxygen atoms in total. The van der Waals surface area contributed by atoms with Gasteiger partial charge in [0.25, 0.3) is 5.69 Å². The van der Waals surface area contributed by atoms with Gasteiger partial charge >= 0.3 is 6.03 Å². The minimum Gasteiger partial charge on any atom is -0.258 e. The average molecular weight is 502 g/mol. The first-order chi connectivity index (χ1) is 18.5. The van der Waals surface area contributed by atoms with E-state index in [9.17, 15) is 14.9 Å². The van der Waals surface area contributed by atoms with Crippen molar-refractivity contribution in [2.45, 2.75) is 13.0 Å². The van der Waals surface area contributed by atoms with Crippen LogP contribution >= 0.6 is 0 Å². The standard InChI is InChI=1S/C30H23N5O3/c1-3-23-14-16-25(17-15-23)29-31-32(26-10-6-4-7-11-26)30(36)34(27-12-8-5-9-13-27)33(29)22(2)24-18-20-28(21-19-24)35(37)38/h1,4-22H,2H3. The number of carbonyl (C=O) groups excluding carboxylic acids is 1. The highest BCUT2D eigenvalue weighted by molar-refractivity contribution is 6.13. The fourth-order valence-corrected chi connectivity index (χ4v) is 4.28. The maximum atomic E-state index is 14.1. The summed E-state index contributed by atoms with van der Waals surface area (Å²) in [6.45, 7) is 1.92. The first-order valence-electron chi connectivity index (χ1n) is 11.9. The number of para-hydroxylation sites is 2. The van der Waals surface area contributed by atoms with Crippen LogP contribution in [0.2, 0.25) is 0 Å². The quantitative estimate of drug-likeness (QED) is 0.175. The van der Waals surface area contributed by atoms with Crippen molar-refractivity contribution in [3.8, 4) is 12.3 Å². The molecule has 1 aliphatic rings. The second kappa shape index (κ2) is 10.3. The van der Waals surface area contributed by atoms with Crippen molar-refractivity contribution in [3.63, 3.8) is 0 Å². The van der Waals surface area contributed by atoms with Gasteiger partial charge in [-0.05, 0) is 61.0 Å². The minimum atomic E-state index is -0.438. The highest BCUT2D eigenvalue weighted by atomic mass is 16.6. The van der Waals surface area contributed by atoms with E-state index in [0.29, 0.717) is 17.2 Å². The van der Waals surface area contributed by atoms with Gasteiger partial charge in [-0.15, -0.1) is 11.5 Å². The number of hydrazine groups is 1. The number of hydrazone groups is 1. The number of hydrogen-bond donors (Lipinski definition) is 0. The van der Waals surface area contributed by atoms with Crippen LogP contribution in [0.3, 0.4) is 0 Å². The van der Waals surface area contributed by atoms with Crippen LogP contribution in [-0.4, -0.2) is 21.8 Å². The van der Waals surface area contributed by atoms with Gasteiger partial charge in [0.2, 0.25) is 0 Å². The molecule has 38 heavy (non-hydrogen) atoms. The Morgan fingerprint density at radius 2 is 1.42 bits per heavy atom. The fraction of sp³-hybridized carbons (Fsp3) is 0.0667. The second-order valence-electron chi connectivity index (χ2n) is 8.59. The van der Waals surface area contributed by atoms with E-state index in [0.717, 1.165) is 16.7 Å². The van der Waals surface area contributed by atoms with Gasteiger partial charge in [0.15, 0.2) is 5.84 Å². The van der Waals surface area contributed by atoms with Gasteiger partial charge in [0, 0.05) is 23.3 Å². The van der Waals surface area contributed by atoms with Crippen LogP contribution < -0.4 is 10.0 Å². The first kappa shape index (κ1) is 24.3. The zero-order valence-corrected chi connectivity index (χ0v) is 20.5. The maximum absolute atomic E-state index is 14.1. The first-order valence-corrected chi connectivity index (χ1v) is 11.9. The number of nitrogens with zero attached hydrogens (tertiary/aromatic N) is 5. The lowest BCUT2D eigenvalue weighted by molar-refractivity contribution is -0.384. The Morgan fingerprint density at radius 1 is 0.842 bits per heavy atom. The summed E-state index contributed by atoms with van der Waals surface area (Å²) in [5, 5.41) is 20.8. The average Bonchev–Trinajstić information content (AvgIpc) is 2.97. The molecule has 0 N–H and O–H groups in total. The lowest BCUT2D eigenvalue weighted by Gasteiger charge is -2.45. The summed E-state index contributed by atoms with van der Waals surface area (Å²) < 4.78 is 0. The molecule has 0 saturated heterocycles. The molecule has 1 unspecified atom stereocenters. The third kappa shape index (κ3) is 4.56. The molecule has 0 radical (unpaired) electrons. The Bertz CT molecular complexity index is 1530. The van der Waals surface area contributed by atoms with Crippen LogP contribution in [0.15, 0.2) is 114 Å². The normalized spacial score (nSPS) is 14.1. The summed E-state index contributed by atoms with van der Waals surface area (Å²) in [5.74, 6) is 3.13. The molecule has 0 aromatic heterocycles. The van der Waals surface area contributed by atoms with Gasteiger partial charge in [-0.25, -0.2) is 4.79 Å². The molecular formula is C30H23N5O3. The second-order valence-corrected chi connectivity index (χ2v) is 8.59. The Hall–Kier alpha value is -5.42. The molecule has 8 heteroatoms. The molecular weight excluding hydrogens is 478 g/mol. The van der Waals surface area contributed by atoms with Crippen LogP contribution in [0.5, 0.6) is 0 Å². The molecule has 4 aromatic rings. The highest BCUT2D eigenvalue weighted by Crippen LogP contribution is 2.34. The van der Waals surface area contributed by atoms with Crippen LogP contribution in [0.25, 0.3) is 0 Å². The van der Waals surface area contributed by atoms with Crippen molar-refractivity contribution in [1.82, 2.24) is 5.01 Å². The van der Waals surface area contributed by atoms with E-state index in [1.165, 1.54) is 17.1 Å². The Morgan fingerprint density at radius 3 is 1.97 bits per heavy atom. The fourth-order valence-electron chi connectivity index (χ4n) is 4.28. The highest BCUT2D eigenvalue weighted by Gasteiger charge is 2.39. The van der Waals surface area contributed by atoms with Gasteiger partial charge in [-0.3, -0.25) is 15.1 Å². The monoisotopic (exact) mass is 501 g/mol. The van der Waals surface area contributed by atoms with Crippen molar-refractivity contribution < 1.29 is 9.72 Å². The number of anilines is 2. The zero-order valence-electron chi connectivity index (χ0n) is 20.5. The number of benzene rings is 4. The SMILES string of the molecule is C#Cc1ccc(C2=NN(c3ccccc3)C(=O)N(c3ccccc3)N2C(C)c2ccc([N+](=O)[O-])cc2)cc1. The molecule has 186 valence electrons.